The van der Waals surface area contributed by atoms with Crippen LogP contribution in [-0.4, -0.2) is 31.0 Å². The van der Waals surface area contributed by atoms with Crippen molar-refractivity contribution in [2.24, 2.45) is 0 Å². The zero-order valence-electron chi connectivity index (χ0n) is 10.1. The Kier molecular flexibility index (Phi) is 3.85. The van der Waals surface area contributed by atoms with Crippen LogP contribution in [0.25, 0.3) is 0 Å². The lowest BCUT2D eigenvalue weighted by Gasteiger charge is -2.17. The summed E-state index contributed by atoms with van der Waals surface area (Å²) in [5.74, 6) is -3.64. The SMILES string of the molecule is O=C1CC(S(=O)(=O)Cl)CN1c1c(F)ccc([N+](=O)[O-])c1F. The maximum absolute atomic E-state index is 14.0. The van der Waals surface area contributed by atoms with Crippen molar-refractivity contribution in [2.45, 2.75) is 11.7 Å². The van der Waals surface area contributed by atoms with Gasteiger partial charge < -0.3 is 4.90 Å². The van der Waals surface area contributed by atoms with Gasteiger partial charge in [0.1, 0.15) is 16.8 Å². The zero-order valence-corrected chi connectivity index (χ0v) is 11.7. The minimum Gasteiger partial charge on any atom is -0.306 e. The summed E-state index contributed by atoms with van der Waals surface area (Å²) in [5, 5.41) is 9.30. The quantitative estimate of drug-likeness (QED) is 0.472. The maximum Gasteiger partial charge on any atom is 0.307 e. The van der Waals surface area contributed by atoms with E-state index >= 15 is 0 Å². The van der Waals surface area contributed by atoms with Crippen molar-refractivity contribution in [2.75, 3.05) is 11.4 Å². The molecule has 0 saturated carbocycles. The molecule has 1 aliphatic heterocycles. The number of benzene rings is 1. The Morgan fingerprint density at radius 2 is 2.00 bits per heavy atom. The van der Waals surface area contributed by atoms with Crippen molar-refractivity contribution < 1.29 is 26.9 Å². The highest BCUT2D eigenvalue weighted by Gasteiger charge is 2.41. The molecule has 1 saturated heterocycles. The molecular weight excluding hydrogens is 334 g/mol. The molecule has 0 spiro atoms. The first-order valence-corrected chi connectivity index (χ1v) is 7.86. The fraction of sp³-hybridized carbons (Fsp3) is 0.300. The molecule has 1 fully saturated rings. The highest BCUT2D eigenvalue weighted by molar-refractivity contribution is 8.14. The lowest BCUT2D eigenvalue weighted by atomic mass is 10.2. The number of carbonyl (C=O) groups is 1. The molecule has 2 rings (SSSR count). The Bertz CT molecular complexity index is 739. The van der Waals surface area contributed by atoms with Crippen molar-refractivity contribution in [1.29, 1.82) is 0 Å². The van der Waals surface area contributed by atoms with Gasteiger partial charge in [0, 0.05) is 29.7 Å². The molecule has 0 aliphatic carbocycles. The van der Waals surface area contributed by atoms with Gasteiger partial charge in [0.05, 0.1) is 4.92 Å². The molecule has 11 heteroatoms. The van der Waals surface area contributed by atoms with Crippen LogP contribution in [0.4, 0.5) is 20.2 Å². The number of halogens is 3. The minimum atomic E-state index is -4.10. The molecule has 1 atom stereocenters. The van der Waals surface area contributed by atoms with E-state index in [1.165, 1.54) is 0 Å². The van der Waals surface area contributed by atoms with E-state index in [1.807, 2.05) is 0 Å². The van der Waals surface area contributed by atoms with Gasteiger partial charge in [-0.1, -0.05) is 0 Å². The zero-order chi connectivity index (χ0) is 15.9. The molecule has 0 bridgehead atoms. The molecule has 0 radical (unpaired) electrons. The highest BCUT2D eigenvalue weighted by atomic mass is 35.7. The average Bonchev–Trinajstić information content (AvgIpc) is 2.71. The van der Waals surface area contributed by atoms with Crippen molar-refractivity contribution in [3.63, 3.8) is 0 Å². The average molecular weight is 341 g/mol. The summed E-state index contributed by atoms with van der Waals surface area (Å²) in [5.41, 5.74) is -1.96. The fourth-order valence-corrected chi connectivity index (χ4v) is 3.03. The molecule has 0 N–H and O–H groups in total. The molecule has 114 valence electrons. The van der Waals surface area contributed by atoms with Gasteiger partial charge in [-0.05, 0) is 6.07 Å². The smallest absolute Gasteiger partial charge is 0.306 e. The predicted molar refractivity (Wildman–Crippen MR) is 68.5 cm³/mol. The van der Waals surface area contributed by atoms with Crippen molar-refractivity contribution in [3.8, 4) is 0 Å². The van der Waals surface area contributed by atoms with Crippen LogP contribution < -0.4 is 4.90 Å². The Hall–Kier alpha value is -1.81. The number of nitro benzene ring substituents is 1. The topological polar surface area (TPSA) is 97.6 Å². The number of carbonyl (C=O) groups excluding carboxylic acids is 1. The van der Waals surface area contributed by atoms with Gasteiger partial charge in [0.15, 0.2) is 0 Å². The summed E-state index contributed by atoms with van der Waals surface area (Å²) in [4.78, 5) is 21.8. The summed E-state index contributed by atoms with van der Waals surface area (Å²) in [6.07, 6.45) is -0.548. The van der Waals surface area contributed by atoms with Gasteiger partial charge in [0.2, 0.25) is 20.8 Å². The van der Waals surface area contributed by atoms with E-state index in [9.17, 15) is 32.1 Å². The van der Waals surface area contributed by atoms with Crippen LogP contribution in [0.3, 0.4) is 0 Å². The van der Waals surface area contributed by atoms with E-state index in [2.05, 4.69) is 0 Å². The third-order valence-corrected chi connectivity index (χ3v) is 4.87. The second kappa shape index (κ2) is 5.19. The maximum atomic E-state index is 14.0. The molecule has 1 aromatic carbocycles. The summed E-state index contributed by atoms with van der Waals surface area (Å²) < 4.78 is 50.1. The molecule has 7 nitrogen and oxygen atoms in total. The van der Waals surface area contributed by atoms with Crippen molar-refractivity contribution in [1.82, 2.24) is 0 Å². The van der Waals surface area contributed by atoms with Crippen LogP contribution in [-0.2, 0) is 13.8 Å². The van der Waals surface area contributed by atoms with Crippen LogP contribution >= 0.6 is 10.7 Å². The molecule has 1 aliphatic rings. The van der Waals surface area contributed by atoms with Gasteiger partial charge in [-0.15, -0.1) is 0 Å². The van der Waals surface area contributed by atoms with Crippen molar-refractivity contribution >= 4 is 37.0 Å². The fourth-order valence-electron chi connectivity index (χ4n) is 2.00. The van der Waals surface area contributed by atoms with E-state index in [1.54, 1.807) is 0 Å². The lowest BCUT2D eigenvalue weighted by molar-refractivity contribution is -0.387. The minimum absolute atomic E-state index is 0.516. The van der Waals surface area contributed by atoms with E-state index in [-0.39, 0.29) is 0 Å². The van der Waals surface area contributed by atoms with Gasteiger partial charge in [-0.3, -0.25) is 14.9 Å². The van der Waals surface area contributed by atoms with Gasteiger partial charge in [-0.25, -0.2) is 12.8 Å². The van der Waals surface area contributed by atoms with Crippen LogP contribution in [0.2, 0.25) is 0 Å². The molecule has 21 heavy (non-hydrogen) atoms. The van der Waals surface area contributed by atoms with Gasteiger partial charge in [0.25, 0.3) is 0 Å². The number of hydrogen-bond donors (Lipinski definition) is 0. The van der Waals surface area contributed by atoms with E-state index in [0.717, 1.165) is 0 Å². The molecular formula is C10H7ClF2N2O5S. The van der Waals surface area contributed by atoms with Gasteiger partial charge in [-0.2, -0.15) is 4.39 Å². The molecule has 0 aromatic heterocycles. The Morgan fingerprint density at radius 3 is 2.48 bits per heavy atom. The second-order valence-corrected chi connectivity index (χ2v) is 7.20. The number of rotatable bonds is 3. The number of anilines is 1. The van der Waals surface area contributed by atoms with Crippen LogP contribution in [0, 0.1) is 21.7 Å². The Morgan fingerprint density at radius 1 is 1.38 bits per heavy atom. The largest absolute Gasteiger partial charge is 0.307 e. The van der Waals surface area contributed by atoms with E-state index in [0.29, 0.717) is 17.0 Å². The van der Waals surface area contributed by atoms with Gasteiger partial charge >= 0.3 is 5.69 Å². The predicted octanol–water partition coefficient (Wildman–Crippen LogP) is 1.55. The Balaban J connectivity index is 2.50. The molecule has 1 unspecified atom stereocenters. The lowest BCUT2D eigenvalue weighted by Crippen LogP contribution is -2.28. The first-order valence-electron chi connectivity index (χ1n) is 5.49. The molecule has 1 amide bonds. The molecule has 1 aromatic rings. The summed E-state index contributed by atoms with van der Waals surface area (Å²) in [6.45, 7) is -0.570. The van der Waals surface area contributed by atoms with E-state index in [4.69, 9.17) is 10.7 Å². The van der Waals surface area contributed by atoms with E-state index < -0.39 is 61.1 Å². The van der Waals surface area contributed by atoms with Crippen LogP contribution in [0.1, 0.15) is 6.42 Å². The molecule has 1 heterocycles. The second-order valence-electron chi connectivity index (χ2n) is 4.29. The Labute approximate surface area is 121 Å². The van der Waals surface area contributed by atoms with Crippen molar-refractivity contribution in [3.05, 3.63) is 33.9 Å². The number of nitrogens with zero attached hydrogens (tertiary/aromatic N) is 2. The number of nitro groups is 1. The summed E-state index contributed by atoms with van der Waals surface area (Å²) in [7, 11) is 1.02. The third-order valence-electron chi connectivity index (χ3n) is 3.00. The third kappa shape index (κ3) is 2.81. The first-order chi connectivity index (χ1) is 9.62. The standard InChI is InChI=1S/C10H7ClF2N2O5S/c11-21(19,20)5-3-8(16)14(4-5)10-6(12)1-2-7(9(10)13)15(17)18/h1-2,5H,3-4H2. The number of hydrogen-bond acceptors (Lipinski definition) is 5. The highest BCUT2D eigenvalue weighted by Crippen LogP contribution is 2.34. The summed E-state index contributed by atoms with van der Waals surface area (Å²) in [6, 6.07) is 1.25. The summed E-state index contributed by atoms with van der Waals surface area (Å²) >= 11 is 0. The van der Waals surface area contributed by atoms with Crippen LogP contribution in [0.15, 0.2) is 12.1 Å². The monoisotopic (exact) mass is 340 g/mol. The number of amides is 1. The van der Waals surface area contributed by atoms with Crippen LogP contribution in [0.5, 0.6) is 0 Å². The normalized spacial score (nSPS) is 19.1. The first kappa shape index (κ1) is 15.6.